The molecule has 3 aromatic rings. The van der Waals surface area contributed by atoms with E-state index >= 15 is 0 Å². The fourth-order valence-electron chi connectivity index (χ4n) is 5.45. The molecule has 5 rings (SSSR count). The SMILES string of the molecule is Cc1ccc(F)c(C(=O)N[C@@H](C(=O)N2CCC3(CC2)C(=O)N(C)C(=O)N3c2ccc3ocnc3c2)C(C)C)c1. The van der Waals surface area contributed by atoms with E-state index in [2.05, 4.69) is 10.3 Å². The van der Waals surface area contributed by atoms with Gasteiger partial charge >= 0.3 is 6.03 Å². The molecular weight excluding hydrogens is 505 g/mol. The number of fused-ring (bicyclic) bond motifs is 1. The third-order valence-corrected chi connectivity index (χ3v) is 7.67. The lowest BCUT2D eigenvalue weighted by atomic mass is 9.85. The number of anilines is 1. The normalized spacial score (nSPS) is 17.9. The van der Waals surface area contributed by atoms with Crippen LogP contribution in [0.2, 0.25) is 0 Å². The molecule has 1 N–H and O–H groups in total. The number of likely N-dealkylation sites (N-methyl/N-ethyl adjacent to an activating group) is 1. The van der Waals surface area contributed by atoms with E-state index in [-0.39, 0.29) is 49.2 Å². The number of piperidine rings is 1. The molecule has 10 nitrogen and oxygen atoms in total. The summed E-state index contributed by atoms with van der Waals surface area (Å²) < 4.78 is 19.6. The number of carbonyl (C=O) groups excluding carboxylic acids is 4. The number of nitrogens with one attached hydrogen (secondary N) is 1. The lowest BCUT2D eigenvalue weighted by Crippen LogP contribution is -2.60. The number of oxazole rings is 1. The summed E-state index contributed by atoms with van der Waals surface area (Å²) in [4.78, 5) is 61.4. The number of hydrogen-bond acceptors (Lipinski definition) is 6. The minimum atomic E-state index is -1.15. The van der Waals surface area contributed by atoms with Crippen molar-refractivity contribution in [2.75, 3.05) is 25.0 Å². The number of likely N-dealkylation sites (tertiary alicyclic amines) is 1. The Morgan fingerprint density at radius 3 is 2.51 bits per heavy atom. The summed E-state index contributed by atoms with van der Waals surface area (Å²) >= 11 is 0. The molecule has 1 atom stereocenters. The maximum absolute atomic E-state index is 14.3. The van der Waals surface area contributed by atoms with E-state index in [0.29, 0.717) is 16.8 Å². The molecule has 2 aromatic carbocycles. The molecule has 0 saturated carbocycles. The van der Waals surface area contributed by atoms with E-state index in [1.54, 1.807) is 49.9 Å². The third kappa shape index (κ3) is 4.41. The highest BCUT2D eigenvalue weighted by Gasteiger charge is 2.58. The van der Waals surface area contributed by atoms with Gasteiger partial charge in [0.05, 0.1) is 5.56 Å². The minimum absolute atomic E-state index is 0.121. The zero-order chi connectivity index (χ0) is 28.1. The molecule has 39 heavy (non-hydrogen) atoms. The van der Waals surface area contributed by atoms with Crippen LogP contribution in [0.25, 0.3) is 11.1 Å². The van der Waals surface area contributed by atoms with Crippen LogP contribution in [-0.4, -0.2) is 70.3 Å². The number of halogens is 1. The van der Waals surface area contributed by atoms with Gasteiger partial charge in [-0.3, -0.25) is 24.2 Å². The Bertz CT molecular complexity index is 1480. The first-order chi connectivity index (χ1) is 18.5. The van der Waals surface area contributed by atoms with Gasteiger partial charge in [0.15, 0.2) is 12.0 Å². The molecule has 2 saturated heterocycles. The Morgan fingerprint density at radius 2 is 1.82 bits per heavy atom. The van der Waals surface area contributed by atoms with Crippen molar-refractivity contribution in [3.8, 4) is 0 Å². The third-order valence-electron chi connectivity index (χ3n) is 7.67. The molecule has 1 aromatic heterocycles. The average molecular weight is 536 g/mol. The van der Waals surface area contributed by atoms with Crippen molar-refractivity contribution in [2.45, 2.75) is 45.2 Å². The molecule has 204 valence electrons. The van der Waals surface area contributed by atoms with Gasteiger partial charge in [-0.25, -0.2) is 14.2 Å². The van der Waals surface area contributed by atoms with Crippen molar-refractivity contribution in [1.29, 1.82) is 0 Å². The predicted molar refractivity (Wildman–Crippen MR) is 140 cm³/mol. The number of rotatable bonds is 5. The number of amides is 5. The monoisotopic (exact) mass is 535 g/mol. The topological polar surface area (TPSA) is 116 Å². The summed E-state index contributed by atoms with van der Waals surface area (Å²) in [6.07, 6.45) is 1.75. The van der Waals surface area contributed by atoms with Crippen molar-refractivity contribution in [3.63, 3.8) is 0 Å². The van der Waals surface area contributed by atoms with Gasteiger partial charge in [-0.2, -0.15) is 0 Å². The first-order valence-electron chi connectivity index (χ1n) is 12.8. The summed E-state index contributed by atoms with van der Waals surface area (Å²) in [6, 6.07) is 8.03. The molecule has 3 heterocycles. The molecule has 2 aliphatic heterocycles. The van der Waals surface area contributed by atoms with E-state index in [0.717, 1.165) is 10.5 Å². The number of hydrogen-bond donors (Lipinski definition) is 1. The van der Waals surface area contributed by atoms with Crippen molar-refractivity contribution < 1.29 is 28.0 Å². The van der Waals surface area contributed by atoms with Gasteiger partial charge in [0, 0.05) is 25.8 Å². The number of imide groups is 1. The van der Waals surface area contributed by atoms with Crippen molar-refractivity contribution in [3.05, 3.63) is 59.7 Å². The summed E-state index contributed by atoms with van der Waals surface area (Å²) in [6.45, 7) is 5.76. The number of benzene rings is 2. The van der Waals surface area contributed by atoms with Crippen molar-refractivity contribution >= 4 is 40.5 Å². The maximum Gasteiger partial charge on any atom is 0.331 e. The molecule has 5 amide bonds. The number of carbonyl (C=O) groups is 4. The highest BCUT2D eigenvalue weighted by Crippen LogP contribution is 2.41. The first-order valence-corrected chi connectivity index (χ1v) is 12.8. The van der Waals surface area contributed by atoms with Crippen LogP contribution in [0, 0.1) is 18.7 Å². The largest absolute Gasteiger partial charge is 0.443 e. The van der Waals surface area contributed by atoms with Crippen LogP contribution in [0.1, 0.15) is 42.6 Å². The van der Waals surface area contributed by atoms with Gasteiger partial charge in [0.2, 0.25) is 5.91 Å². The Kier molecular flexibility index (Phi) is 6.61. The van der Waals surface area contributed by atoms with Crippen LogP contribution in [0.15, 0.2) is 47.2 Å². The van der Waals surface area contributed by atoms with Crippen LogP contribution in [0.4, 0.5) is 14.9 Å². The zero-order valence-electron chi connectivity index (χ0n) is 22.2. The minimum Gasteiger partial charge on any atom is -0.443 e. The second-order valence-corrected chi connectivity index (χ2v) is 10.5. The second kappa shape index (κ2) is 9.79. The smallest absolute Gasteiger partial charge is 0.331 e. The fraction of sp³-hybridized carbons (Fsp3) is 0.393. The highest BCUT2D eigenvalue weighted by atomic mass is 19.1. The predicted octanol–water partition coefficient (Wildman–Crippen LogP) is 3.49. The highest BCUT2D eigenvalue weighted by molar-refractivity contribution is 6.17. The van der Waals surface area contributed by atoms with E-state index < -0.39 is 29.3 Å². The number of aromatic nitrogens is 1. The lowest BCUT2D eigenvalue weighted by Gasteiger charge is -2.43. The Balaban J connectivity index is 1.36. The van der Waals surface area contributed by atoms with Crippen LogP contribution < -0.4 is 10.2 Å². The molecule has 2 fully saturated rings. The summed E-state index contributed by atoms with van der Waals surface area (Å²) in [5.74, 6) is -2.24. The standard InChI is InChI=1S/C28H30FN5O5/c1-16(2)23(31-24(35)19-13-17(3)5-7-20(19)29)25(36)33-11-9-28(10-12-33)26(37)32(4)27(38)34(28)18-6-8-22-21(14-18)30-15-39-22/h5-8,13-16,23H,9-12H2,1-4H3,(H,31,35)/t23-/m1/s1. The Morgan fingerprint density at radius 1 is 1.10 bits per heavy atom. The summed E-state index contributed by atoms with van der Waals surface area (Å²) in [5, 5.41) is 2.71. The molecular formula is C28H30FN5O5. The van der Waals surface area contributed by atoms with Gasteiger partial charge in [-0.15, -0.1) is 0 Å². The van der Waals surface area contributed by atoms with Gasteiger partial charge in [0.1, 0.15) is 22.9 Å². The maximum atomic E-state index is 14.3. The molecule has 11 heteroatoms. The van der Waals surface area contributed by atoms with Crippen LogP contribution in [0.3, 0.4) is 0 Å². The van der Waals surface area contributed by atoms with E-state index in [4.69, 9.17) is 4.42 Å². The number of aryl methyl sites for hydroxylation is 1. The van der Waals surface area contributed by atoms with Crippen LogP contribution in [-0.2, 0) is 9.59 Å². The van der Waals surface area contributed by atoms with Crippen LogP contribution >= 0.6 is 0 Å². The Hall–Kier alpha value is -4.28. The molecule has 0 bridgehead atoms. The number of urea groups is 1. The lowest BCUT2D eigenvalue weighted by molar-refractivity contribution is -0.139. The Labute approximate surface area is 224 Å². The first kappa shape index (κ1) is 26.3. The van der Waals surface area contributed by atoms with Crippen LogP contribution in [0.5, 0.6) is 0 Å². The average Bonchev–Trinajstić information content (AvgIpc) is 3.45. The molecule has 0 aliphatic carbocycles. The van der Waals surface area contributed by atoms with Gasteiger partial charge < -0.3 is 14.6 Å². The molecule has 0 unspecified atom stereocenters. The van der Waals surface area contributed by atoms with Crippen molar-refractivity contribution in [2.24, 2.45) is 5.92 Å². The molecule has 2 aliphatic rings. The van der Waals surface area contributed by atoms with Gasteiger partial charge in [-0.1, -0.05) is 25.5 Å². The van der Waals surface area contributed by atoms with E-state index in [9.17, 15) is 23.6 Å². The summed E-state index contributed by atoms with van der Waals surface area (Å²) in [5.41, 5.74) is 1.09. The quantitative estimate of drug-likeness (QED) is 0.500. The van der Waals surface area contributed by atoms with Gasteiger partial charge in [-0.05, 0) is 56.0 Å². The van der Waals surface area contributed by atoms with E-state index in [1.165, 1.54) is 30.5 Å². The van der Waals surface area contributed by atoms with Crippen molar-refractivity contribution in [1.82, 2.24) is 20.1 Å². The van der Waals surface area contributed by atoms with E-state index in [1.807, 2.05) is 0 Å². The fourth-order valence-corrected chi connectivity index (χ4v) is 5.45. The zero-order valence-corrected chi connectivity index (χ0v) is 22.2. The summed E-state index contributed by atoms with van der Waals surface area (Å²) in [7, 11) is 1.45. The van der Waals surface area contributed by atoms with Gasteiger partial charge in [0.25, 0.3) is 11.8 Å². The molecule has 1 spiro atoms. The number of nitrogens with zero attached hydrogens (tertiary/aromatic N) is 4. The molecule has 0 radical (unpaired) electrons. The second-order valence-electron chi connectivity index (χ2n) is 10.5.